The molecule has 1 aromatic rings. The zero-order chi connectivity index (χ0) is 11.5. The van der Waals surface area contributed by atoms with Crippen LogP contribution in [0.3, 0.4) is 0 Å². The van der Waals surface area contributed by atoms with Crippen molar-refractivity contribution in [1.82, 2.24) is 5.32 Å². The van der Waals surface area contributed by atoms with Gasteiger partial charge in [-0.2, -0.15) is 0 Å². The van der Waals surface area contributed by atoms with E-state index in [1.54, 1.807) is 12.0 Å². The third-order valence-corrected chi connectivity index (χ3v) is 2.77. The maximum absolute atomic E-state index is 11.7. The Labute approximate surface area is 95.2 Å². The smallest absolute Gasteiger partial charge is 0.321 e. The maximum Gasteiger partial charge on any atom is 0.321 e. The molecule has 1 aliphatic heterocycles. The minimum Gasteiger partial charge on any atom is -0.497 e. The first-order valence-corrected chi connectivity index (χ1v) is 5.42. The normalized spacial score (nSPS) is 15.9. The molecule has 4 heteroatoms. The van der Waals surface area contributed by atoms with E-state index in [0.29, 0.717) is 0 Å². The minimum absolute atomic E-state index is 0.0143. The zero-order valence-corrected chi connectivity index (χ0v) is 9.62. The number of carbonyl (C=O) groups is 1. The van der Waals surface area contributed by atoms with Crippen LogP contribution in [-0.2, 0) is 0 Å². The molecular weight excluding hydrogens is 204 g/mol. The summed E-state index contributed by atoms with van der Waals surface area (Å²) in [6.45, 7) is 3.53. The van der Waals surface area contributed by atoms with Gasteiger partial charge >= 0.3 is 6.03 Å². The molecule has 4 nitrogen and oxygen atoms in total. The number of rotatable bonds is 2. The largest absolute Gasteiger partial charge is 0.497 e. The second-order valence-electron chi connectivity index (χ2n) is 3.89. The maximum atomic E-state index is 11.7. The van der Waals surface area contributed by atoms with Crippen LogP contribution in [0, 0.1) is 6.92 Å². The fourth-order valence-corrected chi connectivity index (χ4v) is 1.92. The highest BCUT2D eigenvalue weighted by Crippen LogP contribution is 2.25. The van der Waals surface area contributed by atoms with Gasteiger partial charge in [-0.1, -0.05) is 0 Å². The predicted molar refractivity (Wildman–Crippen MR) is 63.1 cm³/mol. The molecular formula is C12H16N2O2. The van der Waals surface area contributed by atoms with Gasteiger partial charge in [-0.05, 0) is 37.1 Å². The molecule has 1 fully saturated rings. The molecule has 1 N–H and O–H groups in total. The van der Waals surface area contributed by atoms with Crippen LogP contribution in [-0.4, -0.2) is 26.2 Å². The van der Waals surface area contributed by atoms with E-state index in [-0.39, 0.29) is 6.03 Å². The van der Waals surface area contributed by atoms with Crippen molar-refractivity contribution in [3.63, 3.8) is 0 Å². The summed E-state index contributed by atoms with van der Waals surface area (Å²) in [7, 11) is 1.64. The predicted octanol–water partition coefficient (Wildman–Crippen LogP) is 1.92. The van der Waals surface area contributed by atoms with Gasteiger partial charge in [0.25, 0.3) is 0 Å². The van der Waals surface area contributed by atoms with Gasteiger partial charge in [0.05, 0.1) is 7.11 Å². The SMILES string of the molecule is COc1ccc(N2CCCNC2=O)c(C)c1. The van der Waals surface area contributed by atoms with Crippen molar-refractivity contribution in [2.75, 3.05) is 25.1 Å². The highest BCUT2D eigenvalue weighted by molar-refractivity contribution is 5.93. The van der Waals surface area contributed by atoms with Gasteiger partial charge in [0.2, 0.25) is 0 Å². The van der Waals surface area contributed by atoms with E-state index in [1.165, 1.54) is 0 Å². The number of ether oxygens (including phenoxy) is 1. The molecule has 2 amide bonds. The number of aryl methyl sites for hydroxylation is 1. The van der Waals surface area contributed by atoms with E-state index in [2.05, 4.69) is 5.32 Å². The van der Waals surface area contributed by atoms with Gasteiger partial charge in [0, 0.05) is 18.8 Å². The number of carbonyl (C=O) groups excluding carboxylic acids is 1. The lowest BCUT2D eigenvalue weighted by atomic mass is 10.1. The number of anilines is 1. The highest BCUT2D eigenvalue weighted by Gasteiger charge is 2.20. The van der Waals surface area contributed by atoms with Gasteiger partial charge in [-0.3, -0.25) is 4.90 Å². The van der Waals surface area contributed by atoms with Crippen LogP contribution in [0.15, 0.2) is 18.2 Å². The Balaban J connectivity index is 2.28. The molecule has 0 saturated carbocycles. The van der Waals surface area contributed by atoms with Crippen molar-refractivity contribution in [2.24, 2.45) is 0 Å². The summed E-state index contributed by atoms with van der Waals surface area (Å²) in [5, 5.41) is 2.84. The van der Waals surface area contributed by atoms with Gasteiger partial charge in [-0.15, -0.1) is 0 Å². The fraction of sp³-hybridized carbons (Fsp3) is 0.417. The van der Waals surface area contributed by atoms with E-state index in [0.717, 1.165) is 36.5 Å². The first-order chi connectivity index (χ1) is 7.72. The lowest BCUT2D eigenvalue weighted by Gasteiger charge is -2.28. The molecule has 0 radical (unpaired) electrons. The number of hydrogen-bond acceptors (Lipinski definition) is 2. The Bertz CT molecular complexity index is 404. The van der Waals surface area contributed by atoms with Crippen LogP contribution in [0.1, 0.15) is 12.0 Å². The van der Waals surface area contributed by atoms with Crippen molar-refractivity contribution in [3.8, 4) is 5.75 Å². The molecule has 1 aromatic carbocycles. The summed E-state index contributed by atoms with van der Waals surface area (Å²) in [4.78, 5) is 13.5. The van der Waals surface area contributed by atoms with E-state index in [9.17, 15) is 4.79 Å². The Morgan fingerprint density at radius 2 is 2.25 bits per heavy atom. The average Bonchev–Trinajstić information content (AvgIpc) is 2.30. The Hall–Kier alpha value is -1.71. The number of amides is 2. The summed E-state index contributed by atoms with van der Waals surface area (Å²) < 4.78 is 5.15. The lowest BCUT2D eigenvalue weighted by molar-refractivity contribution is 0.243. The summed E-state index contributed by atoms with van der Waals surface area (Å²) in [6.07, 6.45) is 0.983. The van der Waals surface area contributed by atoms with Crippen LogP contribution < -0.4 is 15.0 Å². The van der Waals surface area contributed by atoms with Crippen molar-refractivity contribution in [2.45, 2.75) is 13.3 Å². The lowest BCUT2D eigenvalue weighted by Crippen LogP contribution is -2.46. The molecule has 2 rings (SSSR count). The average molecular weight is 220 g/mol. The van der Waals surface area contributed by atoms with E-state index in [1.807, 2.05) is 25.1 Å². The van der Waals surface area contributed by atoms with Crippen LogP contribution in [0.5, 0.6) is 5.75 Å². The molecule has 0 aliphatic carbocycles. The number of benzene rings is 1. The van der Waals surface area contributed by atoms with Crippen molar-refractivity contribution in [1.29, 1.82) is 0 Å². The number of nitrogens with one attached hydrogen (secondary N) is 1. The summed E-state index contributed by atoms with van der Waals surface area (Å²) in [5.74, 6) is 0.818. The third kappa shape index (κ3) is 1.96. The number of nitrogens with zero attached hydrogens (tertiary/aromatic N) is 1. The van der Waals surface area contributed by atoms with Crippen molar-refractivity contribution in [3.05, 3.63) is 23.8 Å². The quantitative estimate of drug-likeness (QED) is 0.827. The molecule has 0 bridgehead atoms. The number of methoxy groups -OCH3 is 1. The molecule has 0 unspecified atom stereocenters. The number of urea groups is 1. The minimum atomic E-state index is -0.0143. The van der Waals surface area contributed by atoms with Crippen LogP contribution in [0.25, 0.3) is 0 Å². The molecule has 16 heavy (non-hydrogen) atoms. The third-order valence-electron chi connectivity index (χ3n) is 2.77. The molecule has 0 atom stereocenters. The van der Waals surface area contributed by atoms with Crippen LogP contribution in [0.4, 0.5) is 10.5 Å². The van der Waals surface area contributed by atoms with E-state index < -0.39 is 0 Å². The molecule has 1 aliphatic rings. The molecule has 1 heterocycles. The fourth-order valence-electron chi connectivity index (χ4n) is 1.92. The van der Waals surface area contributed by atoms with Gasteiger partial charge < -0.3 is 10.1 Å². The zero-order valence-electron chi connectivity index (χ0n) is 9.62. The van der Waals surface area contributed by atoms with Crippen molar-refractivity contribution < 1.29 is 9.53 Å². The highest BCUT2D eigenvalue weighted by atomic mass is 16.5. The molecule has 1 saturated heterocycles. The monoisotopic (exact) mass is 220 g/mol. The van der Waals surface area contributed by atoms with E-state index >= 15 is 0 Å². The number of hydrogen-bond donors (Lipinski definition) is 1. The van der Waals surface area contributed by atoms with E-state index in [4.69, 9.17) is 4.74 Å². The molecule has 0 aromatic heterocycles. The first kappa shape index (κ1) is 10.8. The van der Waals surface area contributed by atoms with Crippen LogP contribution in [0.2, 0.25) is 0 Å². The summed E-state index contributed by atoms with van der Waals surface area (Å²) in [5.41, 5.74) is 2.01. The molecule has 86 valence electrons. The Morgan fingerprint density at radius 1 is 1.44 bits per heavy atom. The Kier molecular flexibility index (Phi) is 2.99. The second-order valence-corrected chi connectivity index (χ2v) is 3.89. The second kappa shape index (κ2) is 4.43. The van der Waals surface area contributed by atoms with Crippen LogP contribution >= 0.6 is 0 Å². The summed E-state index contributed by atoms with van der Waals surface area (Å²) >= 11 is 0. The standard InChI is InChI=1S/C12H16N2O2/c1-9-8-10(16-2)4-5-11(9)14-7-3-6-13-12(14)15/h4-5,8H,3,6-7H2,1-2H3,(H,13,15). The molecule has 0 spiro atoms. The van der Waals surface area contributed by atoms with Crippen molar-refractivity contribution >= 4 is 11.7 Å². The van der Waals surface area contributed by atoms with Gasteiger partial charge in [-0.25, -0.2) is 4.79 Å². The Morgan fingerprint density at radius 3 is 2.88 bits per heavy atom. The van der Waals surface area contributed by atoms with Gasteiger partial charge in [0.15, 0.2) is 0 Å². The van der Waals surface area contributed by atoms with Gasteiger partial charge in [0.1, 0.15) is 5.75 Å². The topological polar surface area (TPSA) is 41.6 Å². The summed E-state index contributed by atoms with van der Waals surface area (Å²) in [6, 6.07) is 5.74. The first-order valence-electron chi connectivity index (χ1n) is 5.42.